The number of imidazole rings is 1. The molecule has 1 heterocycles. The number of carbonyl (C=O) groups excluding carboxylic acids is 1. The summed E-state index contributed by atoms with van der Waals surface area (Å²) in [5.74, 6) is 0.293. The highest BCUT2D eigenvalue weighted by Crippen LogP contribution is 2.24. The van der Waals surface area contributed by atoms with Crippen molar-refractivity contribution in [3.05, 3.63) is 54.1 Å². The van der Waals surface area contributed by atoms with Gasteiger partial charge in [-0.1, -0.05) is 30.3 Å². The molecule has 100 valence electrons. The molecular weight excluding hydrogens is 254 g/mol. The van der Waals surface area contributed by atoms with Crippen molar-refractivity contribution in [1.82, 2.24) is 15.0 Å². The third kappa shape index (κ3) is 1.94. The first kappa shape index (κ1) is 12.4. The number of aromatic nitrogens is 2. The lowest BCUT2D eigenvalue weighted by molar-refractivity contribution is 0.0706. The fraction of sp³-hybridized carbons (Fsp3) is 0.0667. The fourth-order valence-electron chi connectivity index (χ4n) is 2.25. The van der Waals surface area contributed by atoms with Crippen LogP contribution in [0.5, 0.6) is 0 Å². The van der Waals surface area contributed by atoms with Crippen LogP contribution in [0, 0.1) is 0 Å². The molecule has 5 heteroatoms. The van der Waals surface area contributed by atoms with Gasteiger partial charge in [-0.2, -0.15) is 0 Å². The molecule has 20 heavy (non-hydrogen) atoms. The van der Waals surface area contributed by atoms with Gasteiger partial charge in [-0.25, -0.2) is 10.5 Å². The van der Waals surface area contributed by atoms with E-state index in [0.717, 1.165) is 16.9 Å². The van der Waals surface area contributed by atoms with E-state index in [1.54, 1.807) is 17.6 Å². The van der Waals surface area contributed by atoms with Crippen LogP contribution >= 0.6 is 0 Å². The summed E-state index contributed by atoms with van der Waals surface area (Å²) in [6.45, 7) is 0. The molecular formula is C15H13N3O2. The van der Waals surface area contributed by atoms with E-state index in [0.29, 0.717) is 11.1 Å². The van der Waals surface area contributed by atoms with E-state index in [4.69, 9.17) is 5.21 Å². The highest BCUT2D eigenvalue weighted by molar-refractivity contribution is 5.97. The number of rotatable bonds is 2. The average Bonchev–Trinajstić information content (AvgIpc) is 2.84. The molecule has 1 amide bonds. The predicted molar refractivity (Wildman–Crippen MR) is 75.4 cm³/mol. The summed E-state index contributed by atoms with van der Waals surface area (Å²) in [5, 5.41) is 8.67. The topological polar surface area (TPSA) is 67.2 Å². The van der Waals surface area contributed by atoms with Crippen LogP contribution in [-0.2, 0) is 7.05 Å². The number of hydrogen-bond donors (Lipinski definition) is 2. The highest BCUT2D eigenvalue weighted by Gasteiger charge is 2.12. The summed E-state index contributed by atoms with van der Waals surface area (Å²) < 4.78 is 1.98. The molecule has 0 unspecified atom stereocenters. The second-order valence-corrected chi connectivity index (χ2v) is 4.50. The summed E-state index contributed by atoms with van der Waals surface area (Å²) in [7, 11) is 1.93. The van der Waals surface area contributed by atoms with E-state index in [2.05, 4.69) is 4.98 Å². The Morgan fingerprint density at radius 2 is 1.95 bits per heavy atom. The van der Waals surface area contributed by atoms with E-state index >= 15 is 0 Å². The van der Waals surface area contributed by atoms with Crippen molar-refractivity contribution >= 4 is 16.9 Å². The monoisotopic (exact) mass is 267 g/mol. The molecule has 2 aromatic carbocycles. The number of carbonyl (C=O) groups is 1. The Bertz CT molecular complexity index is 778. The van der Waals surface area contributed by atoms with Gasteiger partial charge in [0.25, 0.3) is 5.91 Å². The maximum Gasteiger partial charge on any atom is 0.274 e. The maximum atomic E-state index is 11.4. The SMILES string of the molecule is Cn1c(-c2ccccc2)nc2cc(C(=O)NO)ccc21. The molecule has 5 nitrogen and oxygen atoms in total. The van der Waals surface area contributed by atoms with Gasteiger partial charge in [0, 0.05) is 18.2 Å². The van der Waals surface area contributed by atoms with Gasteiger partial charge in [0.2, 0.25) is 0 Å². The lowest BCUT2D eigenvalue weighted by Crippen LogP contribution is -2.18. The first-order chi connectivity index (χ1) is 9.70. The van der Waals surface area contributed by atoms with Gasteiger partial charge < -0.3 is 4.57 Å². The lowest BCUT2D eigenvalue weighted by Gasteiger charge is -2.02. The van der Waals surface area contributed by atoms with Crippen LogP contribution in [0.15, 0.2) is 48.5 Å². The average molecular weight is 267 g/mol. The Morgan fingerprint density at radius 3 is 2.65 bits per heavy atom. The van der Waals surface area contributed by atoms with Crippen molar-refractivity contribution in [2.75, 3.05) is 0 Å². The molecule has 0 bridgehead atoms. The Morgan fingerprint density at radius 1 is 1.20 bits per heavy atom. The standard InChI is InChI=1S/C15H13N3O2/c1-18-13-8-7-11(15(19)17-20)9-12(13)16-14(18)10-5-3-2-4-6-10/h2-9,20H,1H3,(H,17,19). The van der Waals surface area contributed by atoms with E-state index < -0.39 is 5.91 Å². The zero-order valence-electron chi connectivity index (χ0n) is 10.9. The quantitative estimate of drug-likeness (QED) is 0.553. The molecule has 0 aliphatic rings. The van der Waals surface area contributed by atoms with Crippen LogP contribution in [0.25, 0.3) is 22.4 Å². The smallest absolute Gasteiger partial charge is 0.274 e. The van der Waals surface area contributed by atoms with Gasteiger partial charge in [-0.05, 0) is 18.2 Å². The number of fused-ring (bicyclic) bond motifs is 1. The Labute approximate surface area is 115 Å². The molecule has 0 fully saturated rings. The zero-order valence-corrected chi connectivity index (χ0v) is 10.9. The summed E-state index contributed by atoms with van der Waals surface area (Å²) in [6.07, 6.45) is 0. The molecule has 2 N–H and O–H groups in total. The molecule has 0 saturated heterocycles. The van der Waals surface area contributed by atoms with Gasteiger partial charge in [0.05, 0.1) is 11.0 Å². The van der Waals surface area contributed by atoms with Gasteiger partial charge in [-0.3, -0.25) is 10.0 Å². The molecule has 3 aromatic rings. The van der Waals surface area contributed by atoms with Gasteiger partial charge in [0.15, 0.2) is 0 Å². The van der Waals surface area contributed by atoms with Crippen molar-refractivity contribution in [3.63, 3.8) is 0 Å². The minimum Gasteiger partial charge on any atom is -0.327 e. The minimum atomic E-state index is -0.543. The van der Waals surface area contributed by atoms with Crippen molar-refractivity contribution in [2.45, 2.75) is 0 Å². The second-order valence-electron chi connectivity index (χ2n) is 4.50. The third-order valence-corrected chi connectivity index (χ3v) is 3.28. The highest BCUT2D eigenvalue weighted by atomic mass is 16.5. The van der Waals surface area contributed by atoms with Crippen molar-refractivity contribution < 1.29 is 10.0 Å². The Hall–Kier alpha value is -2.66. The molecule has 0 radical (unpaired) electrons. The summed E-state index contributed by atoms with van der Waals surface area (Å²) in [4.78, 5) is 16.0. The van der Waals surface area contributed by atoms with Crippen LogP contribution in [0.2, 0.25) is 0 Å². The van der Waals surface area contributed by atoms with Crippen molar-refractivity contribution in [2.24, 2.45) is 7.05 Å². The number of benzene rings is 2. The van der Waals surface area contributed by atoms with Crippen LogP contribution in [0.4, 0.5) is 0 Å². The molecule has 0 saturated carbocycles. The molecule has 0 aliphatic carbocycles. The fourth-order valence-corrected chi connectivity index (χ4v) is 2.25. The first-order valence-electron chi connectivity index (χ1n) is 6.17. The van der Waals surface area contributed by atoms with E-state index in [1.807, 2.05) is 48.0 Å². The largest absolute Gasteiger partial charge is 0.327 e. The maximum absolute atomic E-state index is 11.4. The number of hydroxylamine groups is 1. The van der Waals surface area contributed by atoms with Crippen molar-refractivity contribution in [3.8, 4) is 11.4 Å². The Kier molecular flexibility index (Phi) is 2.96. The van der Waals surface area contributed by atoms with E-state index in [9.17, 15) is 4.79 Å². The number of amides is 1. The molecule has 0 aliphatic heterocycles. The van der Waals surface area contributed by atoms with Crippen LogP contribution in [0.3, 0.4) is 0 Å². The van der Waals surface area contributed by atoms with Crippen LogP contribution in [-0.4, -0.2) is 20.7 Å². The van der Waals surface area contributed by atoms with E-state index in [1.165, 1.54) is 0 Å². The number of nitrogens with zero attached hydrogens (tertiary/aromatic N) is 2. The second kappa shape index (κ2) is 4.79. The van der Waals surface area contributed by atoms with Gasteiger partial charge in [0.1, 0.15) is 5.82 Å². The first-order valence-corrected chi connectivity index (χ1v) is 6.17. The molecule has 3 rings (SSSR count). The molecule has 0 atom stereocenters. The number of nitrogens with one attached hydrogen (secondary N) is 1. The molecule has 1 aromatic heterocycles. The predicted octanol–water partition coefficient (Wildman–Crippen LogP) is 2.36. The van der Waals surface area contributed by atoms with Gasteiger partial charge >= 0.3 is 0 Å². The van der Waals surface area contributed by atoms with Crippen LogP contribution in [0.1, 0.15) is 10.4 Å². The summed E-state index contributed by atoms with van der Waals surface area (Å²) >= 11 is 0. The summed E-state index contributed by atoms with van der Waals surface area (Å²) in [5.41, 5.74) is 4.66. The van der Waals surface area contributed by atoms with Gasteiger partial charge in [-0.15, -0.1) is 0 Å². The third-order valence-electron chi connectivity index (χ3n) is 3.28. The lowest BCUT2D eigenvalue weighted by atomic mass is 10.2. The zero-order chi connectivity index (χ0) is 14.1. The normalized spacial score (nSPS) is 10.7. The van der Waals surface area contributed by atoms with Crippen LogP contribution < -0.4 is 5.48 Å². The van der Waals surface area contributed by atoms with Crippen molar-refractivity contribution in [1.29, 1.82) is 0 Å². The molecule has 0 spiro atoms. The van der Waals surface area contributed by atoms with E-state index in [-0.39, 0.29) is 0 Å². The number of aryl methyl sites for hydroxylation is 1. The summed E-state index contributed by atoms with van der Waals surface area (Å²) in [6, 6.07) is 15.0. The Balaban J connectivity index is 2.17. The number of hydrogen-bond acceptors (Lipinski definition) is 3. The minimum absolute atomic E-state index is 0.373.